The van der Waals surface area contributed by atoms with Crippen LogP contribution in [0, 0.1) is 0 Å². The molecule has 0 amide bonds. The molecule has 0 fully saturated rings. The van der Waals surface area contributed by atoms with Crippen molar-refractivity contribution in [3.8, 4) is 11.1 Å². The second kappa shape index (κ2) is 6.90. The maximum Gasteiger partial charge on any atom is 0.346 e. The average molecular weight is 413 g/mol. The van der Waals surface area contributed by atoms with Gasteiger partial charge in [0.1, 0.15) is 16.2 Å². The third-order valence-electron chi connectivity index (χ3n) is 4.30. The van der Waals surface area contributed by atoms with Crippen molar-refractivity contribution in [3.63, 3.8) is 0 Å². The van der Waals surface area contributed by atoms with E-state index in [-0.39, 0.29) is 9.77 Å². The molecule has 4 rings (SSSR count). The van der Waals surface area contributed by atoms with E-state index in [1.807, 2.05) is 30.3 Å². The molecule has 2 aromatic carbocycles. The molecule has 28 heavy (non-hydrogen) atoms. The van der Waals surface area contributed by atoms with E-state index in [2.05, 4.69) is 0 Å². The quantitative estimate of drug-likeness (QED) is 0.512. The Balaban J connectivity index is 1.70. The Labute approximate surface area is 164 Å². The Hall–Kier alpha value is -2.94. The van der Waals surface area contributed by atoms with E-state index in [1.54, 1.807) is 18.2 Å². The Morgan fingerprint density at radius 3 is 2.43 bits per heavy atom. The van der Waals surface area contributed by atoms with E-state index >= 15 is 0 Å². The molecule has 0 bridgehead atoms. The third-order valence-corrected chi connectivity index (χ3v) is 6.35. The fraction of sp³-hybridized carbons (Fsp3) is 0.0500. The number of rotatable bonds is 5. The smallest absolute Gasteiger partial charge is 0.346 e. The Bertz CT molecular complexity index is 1250. The van der Waals surface area contributed by atoms with Crippen LogP contribution in [0.2, 0.25) is 0 Å². The number of hydrogen-bond donors (Lipinski definition) is 2. The van der Waals surface area contributed by atoms with E-state index in [0.29, 0.717) is 17.5 Å². The summed E-state index contributed by atoms with van der Waals surface area (Å²) in [7, 11) is -3.80. The number of sulfonamides is 1. The van der Waals surface area contributed by atoms with Crippen LogP contribution in [0.25, 0.3) is 22.1 Å². The molecule has 0 atom stereocenters. The number of furan rings is 1. The third kappa shape index (κ3) is 3.57. The molecule has 0 radical (unpaired) electrons. The van der Waals surface area contributed by atoms with Crippen molar-refractivity contribution < 1.29 is 22.7 Å². The molecule has 0 spiro atoms. The van der Waals surface area contributed by atoms with Gasteiger partial charge in [0, 0.05) is 22.2 Å². The summed E-state index contributed by atoms with van der Waals surface area (Å²) in [6.45, 7) is 0. The Morgan fingerprint density at radius 2 is 1.79 bits per heavy atom. The molecular formula is C20H15NO5S2. The molecule has 142 valence electrons. The second-order valence-electron chi connectivity index (χ2n) is 6.26. The van der Waals surface area contributed by atoms with Crippen molar-refractivity contribution in [2.75, 3.05) is 0 Å². The van der Waals surface area contributed by atoms with Gasteiger partial charge in [0.2, 0.25) is 10.0 Å². The number of hydrogen-bond acceptors (Lipinski definition) is 5. The fourth-order valence-electron chi connectivity index (χ4n) is 3.02. The lowest BCUT2D eigenvalue weighted by molar-refractivity contribution is 0.0703. The molecule has 2 heterocycles. The lowest BCUT2D eigenvalue weighted by Crippen LogP contribution is -2.11. The standard InChI is InChI=1S/C20H15NO5S2/c21-28(24,25)16-7-5-12(6-8-16)17-11-15(27-19(17)20(22)23)10-14-9-13-3-1-2-4-18(13)26-14/h1-9,11H,10H2,(H,22,23)(H2,21,24,25). The minimum Gasteiger partial charge on any atom is -0.477 e. The molecule has 0 aliphatic rings. The van der Waals surface area contributed by atoms with E-state index in [0.717, 1.165) is 21.6 Å². The van der Waals surface area contributed by atoms with Crippen molar-refractivity contribution in [3.05, 3.63) is 76.2 Å². The summed E-state index contributed by atoms with van der Waals surface area (Å²) in [6, 6.07) is 17.2. The summed E-state index contributed by atoms with van der Waals surface area (Å²) in [6.07, 6.45) is 0.467. The van der Waals surface area contributed by atoms with Gasteiger partial charge in [-0.2, -0.15) is 0 Å². The van der Waals surface area contributed by atoms with Crippen molar-refractivity contribution in [1.82, 2.24) is 0 Å². The zero-order valence-electron chi connectivity index (χ0n) is 14.5. The number of aromatic carboxylic acids is 1. The van der Waals surface area contributed by atoms with Gasteiger partial charge < -0.3 is 9.52 Å². The summed E-state index contributed by atoms with van der Waals surface area (Å²) in [5.41, 5.74) is 1.92. The molecular weight excluding hydrogens is 398 g/mol. The molecule has 0 saturated heterocycles. The highest BCUT2D eigenvalue weighted by molar-refractivity contribution is 7.89. The summed E-state index contributed by atoms with van der Waals surface area (Å²) < 4.78 is 28.6. The number of carboxylic acids is 1. The van der Waals surface area contributed by atoms with Gasteiger partial charge in [0.05, 0.1) is 4.90 Å². The highest BCUT2D eigenvalue weighted by atomic mass is 32.2. The number of carbonyl (C=O) groups is 1. The van der Waals surface area contributed by atoms with E-state index in [4.69, 9.17) is 9.56 Å². The zero-order chi connectivity index (χ0) is 19.9. The van der Waals surface area contributed by atoms with Gasteiger partial charge in [-0.1, -0.05) is 30.3 Å². The van der Waals surface area contributed by atoms with Crippen molar-refractivity contribution in [2.24, 2.45) is 5.14 Å². The van der Waals surface area contributed by atoms with Crippen LogP contribution in [0.3, 0.4) is 0 Å². The van der Waals surface area contributed by atoms with Gasteiger partial charge in [-0.3, -0.25) is 0 Å². The van der Waals surface area contributed by atoms with Crippen LogP contribution < -0.4 is 5.14 Å². The van der Waals surface area contributed by atoms with Crippen LogP contribution in [0.5, 0.6) is 0 Å². The molecule has 2 aromatic heterocycles. The Kier molecular flexibility index (Phi) is 4.54. The van der Waals surface area contributed by atoms with Gasteiger partial charge in [-0.25, -0.2) is 18.4 Å². The molecule has 0 saturated carbocycles. The van der Waals surface area contributed by atoms with Gasteiger partial charge in [-0.05, 0) is 35.9 Å². The molecule has 6 nitrogen and oxygen atoms in total. The Morgan fingerprint density at radius 1 is 1.07 bits per heavy atom. The summed E-state index contributed by atoms with van der Waals surface area (Å²) >= 11 is 1.17. The fourth-order valence-corrected chi connectivity index (χ4v) is 4.57. The number of benzene rings is 2. The first-order chi connectivity index (χ1) is 13.3. The zero-order valence-corrected chi connectivity index (χ0v) is 16.1. The molecule has 3 N–H and O–H groups in total. The van der Waals surface area contributed by atoms with Gasteiger partial charge in [0.25, 0.3) is 0 Å². The van der Waals surface area contributed by atoms with E-state index < -0.39 is 16.0 Å². The van der Waals surface area contributed by atoms with Crippen LogP contribution in [0.4, 0.5) is 0 Å². The molecule has 0 aliphatic heterocycles. The van der Waals surface area contributed by atoms with Gasteiger partial charge in [-0.15, -0.1) is 11.3 Å². The first kappa shape index (κ1) is 18.4. The van der Waals surface area contributed by atoms with Gasteiger partial charge >= 0.3 is 5.97 Å². The number of thiophene rings is 1. The van der Waals surface area contributed by atoms with E-state index in [9.17, 15) is 18.3 Å². The molecule has 4 aromatic rings. The summed E-state index contributed by atoms with van der Waals surface area (Å²) in [5, 5.41) is 15.7. The molecule has 0 unspecified atom stereocenters. The lowest BCUT2D eigenvalue weighted by atomic mass is 10.1. The van der Waals surface area contributed by atoms with Crippen molar-refractivity contribution >= 4 is 38.3 Å². The normalized spacial score (nSPS) is 11.8. The van der Waals surface area contributed by atoms with Gasteiger partial charge in [0.15, 0.2) is 0 Å². The minimum absolute atomic E-state index is 0.0224. The number of nitrogens with two attached hydrogens (primary N) is 1. The lowest BCUT2D eigenvalue weighted by Gasteiger charge is -2.02. The topological polar surface area (TPSA) is 111 Å². The summed E-state index contributed by atoms with van der Waals surface area (Å²) in [4.78, 5) is 12.7. The maximum absolute atomic E-state index is 11.7. The largest absolute Gasteiger partial charge is 0.477 e. The molecule has 0 aliphatic carbocycles. The molecule has 8 heteroatoms. The second-order valence-corrected chi connectivity index (χ2v) is 8.96. The summed E-state index contributed by atoms with van der Waals surface area (Å²) in [5.74, 6) is -0.290. The van der Waals surface area contributed by atoms with Crippen molar-refractivity contribution in [1.29, 1.82) is 0 Å². The minimum atomic E-state index is -3.80. The number of fused-ring (bicyclic) bond motifs is 1. The predicted octanol–water partition coefficient (Wildman–Crippen LogP) is 4.10. The van der Waals surface area contributed by atoms with E-state index in [1.165, 1.54) is 23.5 Å². The first-order valence-corrected chi connectivity index (χ1v) is 10.6. The highest BCUT2D eigenvalue weighted by Crippen LogP contribution is 2.34. The van der Waals surface area contributed by atoms with Crippen LogP contribution in [-0.2, 0) is 16.4 Å². The van der Waals surface area contributed by atoms with Crippen LogP contribution in [0.15, 0.2) is 70.0 Å². The van der Waals surface area contributed by atoms with Crippen LogP contribution >= 0.6 is 11.3 Å². The van der Waals surface area contributed by atoms with Crippen molar-refractivity contribution in [2.45, 2.75) is 11.3 Å². The predicted molar refractivity (Wildman–Crippen MR) is 107 cm³/mol. The SMILES string of the molecule is NS(=O)(=O)c1ccc(-c2cc(Cc3cc4ccccc4o3)sc2C(=O)O)cc1. The monoisotopic (exact) mass is 413 g/mol. The average Bonchev–Trinajstić information content (AvgIpc) is 3.25. The van der Waals surface area contributed by atoms with Crippen LogP contribution in [-0.4, -0.2) is 19.5 Å². The van der Waals surface area contributed by atoms with Crippen LogP contribution in [0.1, 0.15) is 20.3 Å². The maximum atomic E-state index is 11.7. The highest BCUT2D eigenvalue weighted by Gasteiger charge is 2.18. The number of carboxylic acid groups (broad SMARTS) is 1. The number of para-hydroxylation sites is 1. The first-order valence-electron chi connectivity index (χ1n) is 8.28. The number of primary sulfonamides is 1.